The number of rotatable bonds is 2. The predicted octanol–water partition coefficient (Wildman–Crippen LogP) is 2.55. The van der Waals surface area contributed by atoms with Gasteiger partial charge in [-0.1, -0.05) is 17.3 Å². The van der Waals surface area contributed by atoms with Crippen molar-refractivity contribution in [1.82, 2.24) is 34.2 Å². The van der Waals surface area contributed by atoms with Gasteiger partial charge in [-0.3, -0.25) is 4.42 Å². The number of ether oxygens (including phenoxy) is 1. The summed E-state index contributed by atoms with van der Waals surface area (Å²) in [5.74, 6) is 2.19. The molecule has 1 fully saturated rings. The van der Waals surface area contributed by atoms with Crippen LogP contribution in [0.15, 0.2) is 36.7 Å². The van der Waals surface area contributed by atoms with E-state index in [2.05, 4.69) is 38.4 Å². The van der Waals surface area contributed by atoms with Gasteiger partial charge in [0, 0.05) is 23.9 Å². The van der Waals surface area contributed by atoms with Crippen LogP contribution in [0, 0.1) is 0 Å². The molecule has 3 aliphatic heterocycles. The third-order valence-electron chi connectivity index (χ3n) is 5.58. The molecule has 28 heavy (non-hydrogen) atoms. The van der Waals surface area contributed by atoms with Crippen LogP contribution >= 0.6 is 11.8 Å². The fraction of sp³-hybridized carbons (Fsp3) is 0.333. The van der Waals surface area contributed by atoms with Gasteiger partial charge in [-0.25, -0.2) is 4.57 Å². The molecule has 2 aromatic heterocycles. The molecule has 0 bridgehead atoms. The molecular formula is C18H17ClN8O. The Labute approximate surface area is 165 Å². The lowest BCUT2D eigenvalue weighted by atomic mass is 10.00. The minimum atomic E-state index is -0.402. The van der Waals surface area contributed by atoms with Crippen LogP contribution in [0.2, 0.25) is 0 Å². The molecule has 0 aliphatic carbocycles. The number of anilines is 1. The molecule has 5 heterocycles. The van der Waals surface area contributed by atoms with Crippen LogP contribution < -0.4 is 4.90 Å². The Bertz CT molecular complexity index is 1110. The van der Waals surface area contributed by atoms with E-state index in [9.17, 15) is 0 Å². The molecule has 1 aromatic carbocycles. The van der Waals surface area contributed by atoms with E-state index < -0.39 is 5.60 Å². The molecule has 1 unspecified atom stereocenters. The number of fused-ring (bicyclic) bond motifs is 6. The summed E-state index contributed by atoms with van der Waals surface area (Å²) in [7, 11) is 0. The Kier molecular flexibility index (Phi) is 3.19. The molecule has 6 rings (SSSR count). The average Bonchev–Trinajstić information content (AvgIpc) is 3.46. The molecule has 1 atom stereocenters. The number of para-hydroxylation sites is 1. The molecule has 0 radical (unpaired) electrons. The maximum Gasteiger partial charge on any atom is 0.259 e. The molecule has 0 amide bonds. The van der Waals surface area contributed by atoms with Crippen molar-refractivity contribution in [2.75, 3.05) is 18.2 Å². The van der Waals surface area contributed by atoms with E-state index in [0.29, 0.717) is 12.6 Å². The van der Waals surface area contributed by atoms with Gasteiger partial charge in [0.15, 0.2) is 5.82 Å². The Hall–Kier alpha value is -2.91. The minimum absolute atomic E-state index is 0.402. The second-order valence-electron chi connectivity index (χ2n) is 7.36. The van der Waals surface area contributed by atoms with E-state index in [1.165, 1.54) is 0 Å². The summed E-state index contributed by atoms with van der Waals surface area (Å²) in [5, 5.41) is 17.5. The van der Waals surface area contributed by atoms with Gasteiger partial charge in [0.25, 0.3) is 5.95 Å². The third kappa shape index (κ3) is 2.11. The summed E-state index contributed by atoms with van der Waals surface area (Å²) in [5.41, 5.74) is 2.45. The van der Waals surface area contributed by atoms with Crippen molar-refractivity contribution in [2.45, 2.75) is 25.4 Å². The highest BCUT2D eigenvalue weighted by Crippen LogP contribution is 2.43. The first kappa shape index (κ1) is 16.1. The summed E-state index contributed by atoms with van der Waals surface area (Å²) < 4.78 is 11.1. The first-order valence-corrected chi connectivity index (χ1v) is 9.52. The minimum Gasteiger partial charge on any atom is -0.369 e. The van der Waals surface area contributed by atoms with Crippen LogP contribution in [-0.2, 0) is 10.3 Å². The summed E-state index contributed by atoms with van der Waals surface area (Å²) >= 11 is 6.30. The second-order valence-corrected chi connectivity index (χ2v) is 7.80. The topological polar surface area (TPSA) is 77.1 Å². The number of nitrogens with zero attached hydrogens (tertiary/aromatic N) is 8. The van der Waals surface area contributed by atoms with Crippen LogP contribution in [0.5, 0.6) is 0 Å². The average molecular weight is 397 g/mol. The number of aromatic nitrogens is 6. The second kappa shape index (κ2) is 5.55. The van der Waals surface area contributed by atoms with Crippen molar-refractivity contribution in [1.29, 1.82) is 0 Å². The van der Waals surface area contributed by atoms with Crippen LogP contribution in [0.4, 0.5) is 5.69 Å². The number of benzene rings is 1. The molecule has 0 saturated carbocycles. The van der Waals surface area contributed by atoms with E-state index in [1.54, 1.807) is 9.10 Å². The monoisotopic (exact) mass is 396 g/mol. The zero-order chi connectivity index (χ0) is 18.9. The van der Waals surface area contributed by atoms with Gasteiger partial charge in [0.2, 0.25) is 0 Å². The van der Waals surface area contributed by atoms with Crippen LogP contribution in [-0.4, -0.2) is 47.5 Å². The number of hydrogen-bond donors (Lipinski definition) is 0. The number of hydrogen-bond acceptors (Lipinski definition) is 7. The van der Waals surface area contributed by atoms with Gasteiger partial charge in [-0.15, -0.1) is 15.3 Å². The predicted molar refractivity (Wildman–Crippen MR) is 102 cm³/mol. The van der Waals surface area contributed by atoms with Crippen molar-refractivity contribution in [3.05, 3.63) is 42.4 Å². The molecule has 0 N–H and O–H groups in total. The standard InChI is InChI=1S/C18H17ClN8O/c1-18(7-4-8-28-18)14-9-26(23-20-14)17-22-21-16-12-5-2-3-6-13(12)25-11-24(19)10-15(25)27(16)17/h2-3,5-6,9-10H,4,7-8,11H2,1H3. The lowest BCUT2D eigenvalue weighted by Gasteiger charge is -2.29. The number of halogens is 1. The van der Waals surface area contributed by atoms with Crippen LogP contribution in [0.3, 0.4) is 0 Å². The zero-order valence-electron chi connectivity index (χ0n) is 15.2. The summed E-state index contributed by atoms with van der Waals surface area (Å²) in [6.07, 6.45) is 5.69. The molecule has 9 nitrogen and oxygen atoms in total. The van der Waals surface area contributed by atoms with Crippen molar-refractivity contribution in [3.8, 4) is 17.3 Å². The fourth-order valence-corrected chi connectivity index (χ4v) is 4.31. The zero-order valence-corrected chi connectivity index (χ0v) is 15.9. The maximum atomic E-state index is 6.30. The summed E-state index contributed by atoms with van der Waals surface area (Å²) in [6, 6.07) is 8.09. The molecule has 10 heteroatoms. The van der Waals surface area contributed by atoms with Gasteiger partial charge in [-0.2, -0.15) is 4.68 Å². The molecule has 3 aliphatic rings. The lowest BCUT2D eigenvalue weighted by Crippen LogP contribution is -2.29. The quantitative estimate of drug-likeness (QED) is 0.616. The van der Waals surface area contributed by atoms with E-state index in [0.717, 1.165) is 48.0 Å². The Morgan fingerprint density at radius 1 is 1.18 bits per heavy atom. The van der Waals surface area contributed by atoms with E-state index in [-0.39, 0.29) is 0 Å². The molecule has 3 aromatic rings. The first-order chi connectivity index (χ1) is 13.6. The first-order valence-electron chi connectivity index (χ1n) is 9.18. The van der Waals surface area contributed by atoms with Crippen LogP contribution in [0.25, 0.3) is 23.2 Å². The van der Waals surface area contributed by atoms with Gasteiger partial charge < -0.3 is 9.64 Å². The van der Waals surface area contributed by atoms with Crippen molar-refractivity contribution in [2.24, 2.45) is 0 Å². The SMILES string of the molecule is CC1(c2cn(-c3nnc4n3C3=CN(Cl)CN3c3ccccc3-4)nn2)CCCO1. The molecular weight excluding hydrogens is 380 g/mol. The van der Waals surface area contributed by atoms with Gasteiger partial charge in [0.1, 0.15) is 23.8 Å². The Balaban J connectivity index is 1.51. The van der Waals surface area contributed by atoms with Gasteiger partial charge in [0.05, 0.1) is 18.1 Å². The summed E-state index contributed by atoms with van der Waals surface area (Å²) in [4.78, 5) is 2.13. The Morgan fingerprint density at radius 2 is 2.07 bits per heavy atom. The van der Waals surface area contributed by atoms with E-state index in [4.69, 9.17) is 16.5 Å². The molecule has 0 spiro atoms. The van der Waals surface area contributed by atoms with E-state index >= 15 is 0 Å². The molecule has 142 valence electrons. The maximum absolute atomic E-state index is 6.30. The van der Waals surface area contributed by atoms with E-state index in [1.807, 2.05) is 35.2 Å². The van der Waals surface area contributed by atoms with Crippen molar-refractivity contribution >= 4 is 23.3 Å². The van der Waals surface area contributed by atoms with Crippen molar-refractivity contribution in [3.63, 3.8) is 0 Å². The normalized spacial score (nSPS) is 22.9. The Morgan fingerprint density at radius 3 is 2.93 bits per heavy atom. The van der Waals surface area contributed by atoms with Gasteiger partial charge in [-0.05, 0) is 31.9 Å². The molecule has 1 saturated heterocycles. The highest BCUT2D eigenvalue weighted by Gasteiger charge is 2.37. The van der Waals surface area contributed by atoms with Crippen LogP contribution in [0.1, 0.15) is 25.5 Å². The smallest absolute Gasteiger partial charge is 0.259 e. The third-order valence-corrected chi connectivity index (χ3v) is 5.78. The van der Waals surface area contributed by atoms with Crippen molar-refractivity contribution < 1.29 is 4.74 Å². The summed E-state index contributed by atoms with van der Waals surface area (Å²) in [6.45, 7) is 3.34. The lowest BCUT2D eigenvalue weighted by molar-refractivity contribution is 0.0131. The van der Waals surface area contributed by atoms with Gasteiger partial charge >= 0.3 is 0 Å². The highest BCUT2D eigenvalue weighted by molar-refractivity contribution is 6.15. The fourth-order valence-electron chi connectivity index (χ4n) is 4.11. The highest BCUT2D eigenvalue weighted by atomic mass is 35.5. The largest absolute Gasteiger partial charge is 0.369 e.